The molecule has 0 radical (unpaired) electrons. The Morgan fingerprint density at radius 1 is 1.39 bits per heavy atom. The second-order valence-corrected chi connectivity index (χ2v) is 4.68. The van der Waals surface area contributed by atoms with Crippen LogP contribution in [0.4, 0.5) is 5.82 Å². The summed E-state index contributed by atoms with van der Waals surface area (Å²) >= 11 is 0. The molecule has 1 heterocycles. The Morgan fingerprint density at radius 3 is 2.78 bits per heavy atom. The summed E-state index contributed by atoms with van der Waals surface area (Å²) in [6.07, 6.45) is 1.73. The van der Waals surface area contributed by atoms with E-state index in [4.69, 9.17) is 11.0 Å². The Morgan fingerprint density at radius 2 is 2.11 bits per heavy atom. The zero-order valence-electron chi connectivity index (χ0n) is 10.6. The van der Waals surface area contributed by atoms with Gasteiger partial charge in [0.15, 0.2) is 0 Å². The van der Waals surface area contributed by atoms with Crippen molar-refractivity contribution in [2.75, 3.05) is 5.73 Å². The number of hydrogen-bond acceptors (Lipinski definition) is 3. The average Bonchev–Trinajstić information content (AvgIpc) is 2.70. The first-order chi connectivity index (χ1) is 8.63. The topological polar surface area (TPSA) is 67.6 Å². The number of aromatic nitrogens is 2. The molecule has 1 aromatic heterocycles. The molecule has 2 aromatic rings. The molecule has 4 heteroatoms. The van der Waals surface area contributed by atoms with Crippen LogP contribution in [-0.2, 0) is 6.54 Å². The van der Waals surface area contributed by atoms with Gasteiger partial charge in [0.1, 0.15) is 11.5 Å². The van der Waals surface area contributed by atoms with Crippen LogP contribution in [0.1, 0.15) is 19.4 Å². The van der Waals surface area contributed by atoms with E-state index in [9.17, 15) is 0 Å². The highest BCUT2D eigenvalue weighted by molar-refractivity contribution is 5.75. The van der Waals surface area contributed by atoms with Crippen molar-refractivity contribution in [2.24, 2.45) is 5.92 Å². The highest BCUT2D eigenvalue weighted by Gasteiger charge is 2.13. The standard InChI is InChI=1S/C14H16N4/c1-10(2)8-18-9-17-13(14(18)16)12-6-4-3-5-11(12)7-15/h3-6,9-10H,8,16H2,1-2H3. The highest BCUT2D eigenvalue weighted by atomic mass is 15.1. The van der Waals surface area contributed by atoms with Gasteiger partial charge in [0.25, 0.3) is 0 Å². The number of anilines is 1. The Labute approximate surface area is 107 Å². The molecule has 0 saturated carbocycles. The molecule has 2 rings (SSSR count). The number of hydrogen-bond donors (Lipinski definition) is 1. The number of nitrogen functional groups attached to an aromatic ring is 1. The first-order valence-electron chi connectivity index (χ1n) is 5.93. The minimum Gasteiger partial charge on any atom is -0.383 e. The third kappa shape index (κ3) is 2.21. The second-order valence-electron chi connectivity index (χ2n) is 4.68. The van der Waals surface area contributed by atoms with Crippen molar-refractivity contribution in [3.63, 3.8) is 0 Å². The van der Waals surface area contributed by atoms with E-state index in [1.54, 1.807) is 12.4 Å². The summed E-state index contributed by atoms with van der Waals surface area (Å²) in [6.45, 7) is 5.08. The van der Waals surface area contributed by atoms with Gasteiger partial charge in [-0.3, -0.25) is 0 Å². The lowest BCUT2D eigenvalue weighted by atomic mass is 10.1. The van der Waals surface area contributed by atoms with Crippen LogP contribution in [0, 0.1) is 17.2 Å². The fourth-order valence-electron chi connectivity index (χ4n) is 1.93. The van der Waals surface area contributed by atoms with Crippen LogP contribution >= 0.6 is 0 Å². The van der Waals surface area contributed by atoms with Crippen molar-refractivity contribution in [3.8, 4) is 17.3 Å². The van der Waals surface area contributed by atoms with Crippen LogP contribution in [0.15, 0.2) is 30.6 Å². The zero-order chi connectivity index (χ0) is 13.1. The van der Waals surface area contributed by atoms with Gasteiger partial charge in [0.2, 0.25) is 0 Å². The number of nitriles is 1. The Kier molecular flexibility index (Phi) is 3.33. The maximum Gasteiger partial charge on any atom is 0.131 e. The van der Waals surface area contributed by atoms with E-state index < -0.39 is 0 Å². The van der Waals surface area contributed by atoms with Crippen LogP contribution in [0.2, 0.25) is 0 Å². The molecule has 0 aliphatic heterocycles. The molecule has 0 amide bonds. The molecule has 0 spiro atoms. The fourth-order valence-corrected chi connectivity index (χ4v) is 1.93. The SMILES string of the molecule is CC(C)Cn1cnc(-c2ccccc2C#N)c1N. The molecule has 0 unspecified atom stereocenters. The van der Waals surface area contributed by atoms with Gasteiger partial charge in [-0.15, -0.1) is 0 Å². The largest absolute Gasteiger partial charge is 0.383 e. The number of nitrogens with two attached hydrogens (primary N) is 1. The van der Waals surface area contributed by atoms with E-state index in [2.05, 4.69) is 24.9 Å². The summed E-state index contributed by atoms with van der Waals surface area (Å²) in [4.78, 5) is 4.33. The van der Waals surface area contributed by atoms with Crippen molar-refractivity contribution in [2.45, 2.75) is 20.4 Å². The molecular weight excluding hydrogens is 224 g/mol. The summed E-state index contributed by atoms with van der Waals surface area (Å²) in [7, 11) is 0. The summed E-state index contributed by atoms with van der Waals surface area (Å²) < 4.78 is 1.92. The van der Waals surface area contributed by atoms with Gasteiger partial charge in [0.05, 0.1) is 18.0 Å². The van der Waals surface area contributed by atoms with Gasteiger partial charge < -0.3 is 10.3 Å². The van der Waals surface area contributed by atoms with Crippen LogP contribution < -0.4 is 5.73 Å². The maximum absolute atomic E-state index is 9.10. The summed E-state index contributed by atoms with van der Waals surface area (Å²) in [5.41, 5.74) is 8.17. The second kappa shape index (κ2) is 4.92. The molecular formula is C14H16N4. The molecule has 0 bridgehead atoms. The number of imidazole rings is 1. The molecule has 0 aliphatic carbocycles. The van der Waals surface area contributed by atoms with Gasteiger partial charge in [-0.1, -0.05) is 32.0 Å². The Balaban J connectivity index is 2.46. The van der Waals surface area contributed by atoms with Crippen LogP contribution in [0.3, 0.4) is 0 Å². The first kappa shape index (κ1) is 12.2. The highest BCUT2D eigenvalue weighted by Crippen LogP contribution is 2.27. The van der Waals surface area contributed by atoms with Gasteiger partial charge in [-0.2, -0.15) is 5.26 Å². The lowest BCUT2D eigenvalue weighted by Gasteiger charge is -2.08. The Hall–Kier alpha value is -2.28. The molecule has 18 heavy (non-hydrogen) atoms. The van der Waals surface area contributed by atoms with Crippen LogP contribution in [0.5, 0.6) is 0 Å². The molecule has 0 atom stereocenters. The molecule has 4 nitrogen and oxygen atoms in total. The summed E-state index contributed by atoms with van der Waals surface area (Å²) in [6, 6.07) is 9.54. The number of nitrogens with zero attached hydrogens (tertiary/aromatic N) is 3. The molecule has 0 saturated heterocycles. The van der Waals surface area contributed by atoms with Crippen molar-refractivity contribution >= 4 is 5.82 Å². The van der Waals surface area contributed by atoms with Crippen LogP contribution in [-0.4, -0.2) is 9.55 Å². The van der Waals surface area contributed by atoms with E-state index in [0.717, 1.165) is 12.1 Å². The number of rotatable bonds is 3. The maximum atomic E-state index is 9.10. The van der Waals surface area contributed by atoms with Gasteiger partial charge in [-0.25, -0.2) is 4.98 Å². The van der Waals surface area contributed by atoms with E-state index in [1.165, 1.54) is 0 Å². The minimum absolute atomic E-state index is 0.501. The van der Waals surface area contributed by atoms with E-state index >= 15 is 0 Å². The number of benzene rings is 1. The zero-order valence-corrected chi connectivity index (χ0v) is 10.6. The average molecular weight is 240 g/mol. The van der Waals surface area contributed by atoms with Gasteiger partial charge in [0, 0.05) is 12.1 Å². The molecule has 0 fully saturated rings. The van der Waals surface area contributed by atoms with E-state index in [0.29, 0.717) is 23.0 Å². The third-order valence-electron chi connectivity index (χ3n) is 2.74. The smallest absolute Gasteiger partial charge is 0.131 e. The van der Waals surface area contributed by atoms with Crippen molar-refractivity contribution in [3.05, 3.63) is 36.2 Å². The first-order valence-corrected chi connectivity index (χ1v) is 5.93. The normalized spacial score (nSPS) is 10.6. The van der Waals surface area contributed by atoms with Gasteiger partial charge >= 0.3 is 0 Å². The van der Waals surface area contributed by atoms with Crippen molar-refractivity contribution < 1.29 is 0 Å². The quantitative estimate of drug-likeness (QED) is 0.896. The summed E-state index contributed by atoms with van der Waals surface area (Å²) in [5, 5.41) is 9.10. The van der Waals surface area contributed by atoms with E-state index in [-0.39, 0.29) is 0 Å². The lowest BCUT2D eigenvalue weighted by molar-refractivity contribution is 0.527. The minimum atomic E-state index is 0.501. The van der Waals surface area contributed by atoms with Crippen molar-refractivity contribution in [1.82, 2.24) is 9.55 Å². The van der Waals surface area contributed by atoms with Gasteiger partial charge in [-0.05, 0) is 12.0 Å². The Bertz CT molecular complexity index is 590. The molecule has 92 valence electrons. The third-order valence-corrected chi connectivity index (χ3v) is 2.74. The monoisotopic (exact) mass is 240 g/mol. The lowest BCUT2D eigenvalue weighted by Crippen LogP contribution is -2.06. The predicted octanol–water partition coefficient (Wildman–Crippen LogP) is 2.66. The molecule has 2 N–H and O–H groups in total. The van der Waals surface area contributed by atoms with Crippen LogP contribution in [0.25, 0.3) is 11.3 Å². The van der Waals surface area contributed by atoms with Crippen molar-refractivity contribution in [1.29, 1.82) is 5.26 Å². The summed E-state index contributed by atoms with van der Waals surface area (Å²) in [5.74, 6) is 1.12. The van der Waals surface area contributed by atoms with E-state index in [1.807, 2.05) is 22.8 Å². The predicted molar refractivity (Wildman–Crippen MR) is 71.6 cm³/mol. The molecule has 0 aliphatic rings. The fraction of sp³-hybridized carbons (Fsp3) is 0.286. The molecule has 1 aromatic carbocycles.